The van der Waals surface area contributed by atoms with E-state index in [1.165, 1.54) is 5.56 Å². The maximum atomic E-state index is 6.48. The Balaban J connectivity index is 1.93. The van der Waals surface area contributed by atoms with Gasteiger partial charge < -0.3 is 13.3 Å². The summed E-state index contributed by atoms with van der Waals surface area (Å²) in [5.74, 6) is 0. The molecule has 150 valence electrons. The Labute approximate surface area is 173 Å². The van der Waals surface area contributed by atoms with Gasteiger partial charge in [-0.05, 0) is 38.7 Å². The Morgan fingerprint density at radius 2 is 1.17 bits per heavy atom. The average molecular weight is 406 g/mol. The fourth-order valence-electron chi connectivity index (χ4n) is 3.69. The van der Waals surface area contributed by atoms with Crippen LogP contribution in [0.25, 0.3) is 21.9 Å². The molecule has 4 nitrogen and oxygen atoms in total. The highest BCUT2D eigenvalue weighted by Crippen LogP contribution is 2.41. The van der Waals surface area contributed by atoms with E-state index < -0.39 is 8.16 Å². The fraction of sp³-hybridized carbons (Fsp3) is 0.250. The lowest BCUT2D eigenvalue weighted by Gasteiger charge is -2.34. The highest BCUT2D eigenvalue weighted by molar-refractivity contribution is 7.38. The van der Waals surface area contributed by atoms with E-state index in [9.17, 15) is 0 Å². The molecule has 2 atom stereocenters. The lowest BCUT2D eigenvalue weighted by Crippen LogP contribution is -2.39. The summed E-state index contributed by atoms with van der Waals surface area (Å²) >= 11 is 0. The van der Waals surface area contributed by atoms with Gasteiger partial charge in [-0.2, -0.15) is 4.67 Å². The monoisotopic (exact) mass is 406 g/mol. The van der Waals surface area contributed by atoms with Crippen molar-refractivity contribution >= 4 is 30.1 Å². The lowest BCUT2D eigenvalue weighted by molar-refractivity contribution is 0.272. The SMILES string of the molecule is C[C@H]([C@H](c1ccccc1)N(C)p1oc2ccccc2c2ccccc2o1)N(C)C. The van der Waals surface area contributed by atoms with Crippen LogP contribution in [0.5, 0.6) is 0 Å². The Bertz CT molecular complexity index is 1080. The van der Waals surface area contributed by atoms with Crippen LogP contribution < -0.4 is 4.67 Å². The summed E-state index contributed by atoms with van der Waals surface area (Å²) in [6.45, 7) is 2.24. The van der Waals surface area contributed by atoms with Crippen molar-refractivity contribution in [3.8, 4) is 0 Å². The molecule has 0 N–H and O–H groups in total. The summed E-state index contributed by atoms with van der Waals surface area (Å²) in [4.78, 5) is 2.24. The molecule has 0 aliphatic heterocycles. The number of hydrogen-bond donors (Lipinski definition) is 0. The average Bonchev–Trinajstić information content (AvgIpc) is 2.91. The van der Waals surface area contributed by atoms with Gasteiger partial charge in [0.05, 0.1) is 6.04 Å². The molecule has 1 aromatic heterocycles. The van der Waals surface area contributed by atoms with Crippen LogP contribution in [0, 0.1) is 0 Å². The Morgan fingerprint density at radius 1 is 0.690 bits per heavy atom. The van der Waals surface area contributed by atoms with Crippen molar-refractivity contribution < 1.29 is 8.39 Å². The minimum absolute atomic E-state index is 0.120. The van der Waals surface area contributed by atoms with E-state index in [-0.39, 0.29) is 12.1 Å². The minimum atomic E-state index is -1.35. The zero-order valence-electron chi connectivity index (χ0n) is 17.3. The summed E-state index contributed by atoms with van der Waals surface area (Å²) in [6, 6.07) is 27.3. The molecular formula is C24H27N2O2P. The van der Waals surface area contributed by atoms with Crippen molar-refractivity contribution in [2.45, 2.75) is 19.0 Å². The zero-order valence-corrected chi connectivity index (χ0v) is 18.2. The molecule has 4 rings (SSSR count). The molecule has 0 saturated heterocycles. The molecule has 0 aliphatic rings. The van der Waals surface area contributed by atoms with E-state index in [4.69, 9.17) is 8.39 Å². The lowest BCUT2D eigenvalue weighted by atomic mass is 10.00. The van der Waals surface area contributed by atoms with Crippen LogP contribution in [0.4, 0.5) is 0 Å². The van der Waals surface area contributed by atoms with Crippen molar-refractivity contribution in [2.75, 3.05) is 25.8 Å². The first-order valence-corrected chi connectivity index (χ1v) is 11.0. The largest absolute Gasteiger partial charge is 0.408 e. The second-order valence-electron chi connectivity index (χ2n) is 7.55. The van der Waals surface area contributed by atoms with E-state index in [0.29, 0.717) is 0 Å². The van der Waals surface area contributed by atoms with Gasteiger partial charge in [0.15, 0.2) is 0 Å². The van der Waals surface area contributed by atoms with Crippen LogP contribution in [0.2, 0.25) is 0 Å². The van der Waals surface area contributed by atoms with Gasteiger partial charge in [0.2, 0.25) is 0 Å². The molecule has 29 heavy (non-hydrogen) atoms. The molecule has 0 bridgehead atoms. The summed E-state index contributed by atoms with van der Waals surface area (Å²) < 4.78 is 15.2. The molecule has 1 heterocycles. The first-order valence-electron chi connectivity index (χ1n) is 9.85. The number of rotatable bonds is 5. The molecule has 4 aromatic rings. The minimum Gasteiger partial charge on any atom is -0.408 e. The standard InChI is InChI=1S/C24H27N2O2P/c1-18(25(2)3)24(19-12-6-5-7-13-19)26(4)29-27-22-16-10-8-14-20(22)21-15-9-11-17-23(21)28-29/h5-18,24H,1-4H3/t18-,24-/m1/s1. The van der Waals surface area contributed by atoms with Gasteiger partial charge in [0, 0.05) is 23.9 Å². The van der Waals surface area contributed by atoms with E-state index in [1.807, 2.05) is 36.4 Å². The van der Waals surface area contributed by atoms with Crippen LogP contribution in [-0.2, 0) is 0 Å². The third-order valence-electron chi connectivity index (χ3n) is 5.49. The van der Waals surface area contributed by atoms with Gasteiger partial charge >= 0.3 is 8.16 Å². The number of fused-ring (bicyclic) bond motifs is 3. The van der Waals surface area contributed by atoms with Crippen LogP contribution in [0.1, 0.15) is 18.5 Å². The van der Waals surface area contributed by atoms with Gasteiger partial charge in [-0.25, -0.2) is 0 Å². The molecule has 0 radical (unpaired) electrons. The Morgan fingerprint density at radius 3 is 1.69 bits per heavy atom. The molecular weight excluding hydrogens is 379 g/mol. The second-order valence-corrected chi connectivity index (χ2v) is 9.02. The van der Waals surface area contributed by atoms with Crippen LogP contribution >= 0.6 is 8.16 Å². The first-order chi connectivity index (χ1) is 14.1. The normalized spacial score (nSPS) is 13.9. The zero-order chi connectivity index (χ0) is 20.4. The van der Waals surface area contributed by atoms with E-state index >= 15 is 0 Å². The van der Waals surface area contributed by atoms with Crippen LogP contribution in [0.3, 0.4) is 0 Å². The Hall–Kier alpha value is -2.52. The van der Waals surface area contributed by atoms with Gasteiger partial charge in [-0.1, -0.05) is 66.7 Å². The predicted octanol–water partition coefficient (Wildman–Crippen LogP) is 6.55. The maximum absolute atomic E-state index is 6.48. The molecule has 3 aromatic carbocycles. The number of nitrogens with zero attached hydrogens (tertiary/aromatic N) is 2. The predicted molar refractivity (Wildman–Crippen MR) is 123 cm³/mol. The van der Waals surface area contributed by atoms with E-state index in [2.05, 4.69) is 80.1 Å². The highest BCUT2D eigenvalue weighted by Gasteiger charge is 2.29. The van der Waals surface area contributed by atoms with Crippen molar-refractivity contribution in [3.63, 3.8) is 0 Å². The molecule has 0 unspecified atom stereocenters. The number of para-hydroxylation sites is 2. The summed E-state index contributed by atoms with van der Waals surface area (Å²) in [7, 11) is 4.98. The smallest absolute Gasteiger partial charge is 0.310 e. The number of benzene rings is 3. The van der Waals surface area contributed by atoms with Crippen LogP contribution in [-0.4, -0.2) is 32.1 Å². The molecule has 0 saturated carbocycles. The Kier molecular flexibility index (Phi) is 5.77. The van der Waals surface area contributed by atoms with Crippen molar-refractivity contribution in [1.82, 2.24) is 4.90 Å². The summed E-state index contributed by atoms with van der Waals surface area (Å²) in [5, 5.41) is 2.14. The molecule has 0 spiro atoms. The molecule has 0 amide bonds. The van der Waals surface area contributed by atoms with Gasteiger partial charge in [-0.3, -0.25) is 0 Å². The van der Waals surface area contributed by atoms with E-state index in [0.717, 1.165) is 21.9 Å². The van der Waals surface area contributed by atoms with E-state index in [1.54, 1.807) is 0 Å². The maximum Gasteiger partial charge on any atom is 0.310 e. The quantitative estimate of drug-likeness (QED) is 0.376. The van der Waals surface area contributed by atoms with Crippen LogP contribution in [0.15, 0.2) is 87.3 Å². The van der Waals surface area contributed by atoms with Crippen molar-refractivity contribution in [3.05, 3.63) is 84.4 Å². The van der Waals surface area contributed by atoms with Gasteiger partial charge in [-0.15, -0.1) is 0 Å². The van der Waals surface area contributed by atoms with Gasteiger partial charge in [0.1, 0.15) is 11.2 Å². The highest BCUT2D eigenvalue weighted by atomic mass is 31.1. The summed E-state index contributed by atoms with van der Waals surface area (Å²) in [6.07, 6.45) is 0. The first kappa shape index (κ1) is 19.8. The summed E-state index contributed by atoms with van der Waals surface area (Å²) in [5.41, 5.74) is 2.97. The van der Waals surface area contributed by atoms with Gasteiger partial charge in [0.25, 0.3) is 0 Å². The topological polar surface area (TPSA) is 32.8 Å². The number of hydrogen-bond acceptors (Lipinski definition) is 4. The molecule has 5 heteroatoms. The van der Waals surface area contributed by atoms with Crippen molar-refractivity contribution in [1.29, 1.82) is 0 Å². The third-order valence-corrected chi connectivity index (χ3v) is 6.96. The number of likely N-dealkylation sites (N-methyl/N-ethyl adjacent to an activating group) is 2. The molecule has 0 fully saturated rings. The second kappa shape index (κ2) is 8.46. The van der Waals surface area contributed by atoms with Crippen molar-refractivity contribution in [2.24, 2.45) is 0 Å². The molecule has 0 aliphatic carbocycles. The third kappa shape index (κ3) is 3.97. The fourth-order valence-corrected chi connectivity index (χ4v) is 5.17.